The van der Waals surface area contributed by atoms with Crippen LogP contribution in [0.25, 0.3) is 0 Å². The summed E-state index contributed by atoms with van der Waals surface area (Å²) in [6.07, 6.45) is 3.96. The molecule has 0 bridgehead atoms. The molecule has 0 spiro atoms. The SMILES string of the molecule is CCC(=O)N1CCCC1C(=O)N1CCc2nc[nH]c(=O)c2C1. The second-order valence-corrected chi connectivity index (χ2v) is 5.77. The highest BCUT2D eigenvalue weighted by molar-refractivity contribution is 5.88. The van der Waals surface area contributed by atoms with Gasteiger partial charge in [-0.1, -0.05) is 6.92 Å². The molecule has 1 aromatic heterocycles. The van der Waals surface area contributed by atoms with E-state index in [2.05, 4.69) is 9.97 Å². The van der Waals surface area contributed by atoms with Crippen molar-refractivity contribution in [2.75, 3.05) is 13.1 Å². The van der Waals surface area contributed by atoms with Crippen molar-refractivity contribution < 1.29 is 9.59 Å². The molecule has 1 atom stereocenters. The third-order valence-electron chi connectivity index (χ3n) is 4.48. The van der Waals surface area contributed by atoms with Crippen LogP contribution >= 0.6 is 0 Å². The molecule has 1 fully saturated rings. The molecule has 7 nitrogen and oxygen atoms in total. The lowest BCUT2D eigenvalue weighted by Gasteiger charge is -2.32. The van der Waals surface area contributed by atoms with E-state index in [1.165, 1.54) is 6.33 Å². The fraction of sp³-hybridized carbons (Fsp3) is 0.600. The Hall–Kier alpha value is -2.18. The molecule has 1 aromatic rings. The quantitative estimate of drug-likeness (QED) is 0.837. The van der Waals surface area contributed by atoms with Crippen LogP contribution in [0.5, 0.6) is 0 Å². The number of carbonyl (C=O) groups excluding carboxylic acids is 2. The minimum atomic E-state index is -0.371. The lowest BCUT2D eigenvalue weighted by molar-refractivity contribution is -0.144. The minimum Gasteiger partial charge on any atom is -0.336 e. The van der Waals surface area contributed by atoms with E-state index in [1.807, 2.05) is 6.92 Å². The van der Waals surface area contributed by atoms with Crippen LogP contribution in [0, 0.1) is 0 Å². The summed E-state index contributed by atoms with van der Waals surface area (Å²) < 4.78 is 0. The van der Waals surface area contributed by atoms with Gasteiger partial charge in [-0.3, -0.25) is 14.4 Å². The summed E-state index contributed by atoms with van der Waals surface area (Å²) in [7, 11) is 0. The molecular weight excluding hydrogens is 284 g/mol. The summed E-state index contributed by atoms with van der Waals surface area (Å²) in [5.74, 6) is -0.0269. The second-order valence-electron chi connectivity index (χ2n) is 5.77. The van der Waals surface area contributed by atoms with Gasteiger partial charge in [0, 0.05) is 25.9 Å². The van der Waals surface area contributed by atoms with E-state index in [9.17, 15) is 14.4 Å². The van der Waals surface area contributed by atoms with Gasteiger partial charge in [-0.25, -0.2) is 4.98 Å². The van der Waals surface area contributed by atoms with Crippen molar-refractivity contribution in [2.24, 2.45) is 0 Å². The number of rotatable bonds is 2. The van der Waals surface area contributed by atoms with Gasteiger partial charge in [-0.2, -0.15) is 0 Å². The lowest BCUT2D eigenvalue weighted by Crippen LogP contribution is -2.49. The molecule has 3 rings (SSSR count). The van der Waals surface area contributed by atoms with E-state index in [4.69, 9.17) is 0 Å². The van der Waals surface area contributed by atoms with Crippen molar-refractivity contribution in [3.8, 4) is 0 Å². The zero-order valence-corrected chi connectivity index (χ0v) is 12.7. The van der Waals surface area contributed by atoms with Crippen molar-refractivity contribution >= 4 is 11.8 Å². The highest BCUT2D eigenvalue weighted by Gasteiger charge is 2.37. The zero-order chi connectivity index (χ0) is 15.7. The second kappa shape index (κ2) is 5.90. The number of aromatic nitrogens is 2. The monoisotopic (exact) mass is 304 g/mol. The number of carbonyl (C=O) groups is 2. The molecule has 1 N–H and O–H groups in total. The maximum Gasteiger partial charge on any atom is 0.255 e. The third kappa shape index (κ3) is 2.51. The lowest BCUT2D eigenvalue weighted by atomic mass is 10.1. The van der Waals surface area contributed by atoms with Gasteiger partial charge in [0.05, 0.1) is 24.1 Å². The van der Waals surface area contributed by atoms with Gasteiger partial charge in [-0.15, -0.1) is 0 Å². The topological polar surface area (TPSA) is 86.4 Å². The van der Waals surface area contributed by atoms with Crippen molar-refractivity contribution in [1.82, 2.24) is 19.8 Å². The first-order valence-electron chi connectivity index (χ1n) is 7.75. The van der Waals surface area contributed by atoms with Crippen LogP contribution in [0.1, 0.15) is 37.4 Å². The average molecular weight is 304 g/mol. The number of hydrogen-bond donors (Lipinski definition) is 1. The summed E-state index contributed by atoms with van der Waals surface area (Å²) >= 11 is 0. The van der Waals surface area contributed by atoms with Crippen molar-refractivity contribution in [2.45, 2.75) is 45.2 Å². The molecule has 2 amide bonds. The number of nitrogens with one attached hydrogen (secondary N) is 1. The van der Waals surface area contributed by atoms with E-state index in [-0.39, 0.29) is 30.0 Å². The van der Waals surface area contributed by atoms with Gasteiger partial charge >= 0.3 is 0 Å². The van der Waals surface area contributed by atoms with E-state index in [0.717, 1.165) is 12.1 Å². The Morgan fingerprint density at radius 2 is 2.23 bits per heavy atom. The third-order valence-corrected chi connectivity index (χ3v) is 4.48. The van der Waals surface area contributed by atoms with Crippen LogP contribution in [-0.4, -0.2) is 50.7 Å². The van der Waals surface area contributed by atoms with Gasteiger partial charge in [0.2, 0.25) is 11.8 Å². The fourth-order valence-corrected chi connectivity index (χ4v) is 3.28. The van der Waals surface area contributed by atoms with Gasteiger partial charge in [0.15, 0.2) is 0 Å². The highest BCUT2D eigenvalue weighted by atomic mass is 16.2. The van der Waals surface area contributed by atoms with Gasteiger partial charge < -0.3 is 14.8 Å². The first-order valence-corrected chi connectivity index (χ1v) is 7.75. The first kappa shape index (κ1) is 14.7. The van der Waals surface area contributed by atoms with Crippen LogP contribution in [-0.2, 0) is 22.6 Å². The molecular formula is C15H20N4O3. The normalized spacial score (nSPS) is 20.9. The van der Waals surface area contributed by atoms with Gasteiger partial charge in [-0.05, 0) is 12.8 Å². The Morgan fingerprint density at radius 3 is 3.00 bits per heavy atom. The fourth-order valence-electron chi connectivity index (χ4n) is 3.28. The van der Waals surface area contributed by atoms with Crippen molar-refractivity contribution in [3.05, 3.63) is 27.9 Å². The first-order chi connectivity index (χ1) is 10.6. The predicted octanol–water partition coefficient (Wildman–Crippen LogP) is 0.0556. The summed E-state index contributed by atoms with van der Waals surface area (Å²) in [4.78, 5) is 46.7. The Morgan fingerprint density at radius 1 is 1.41 bits per heavy atom. The summed E-state index contributed by atoms with van der Waals surface area (Å²) in [6, 6.07) is -0.371. The van der Waals surface area contributed by atoms with Crippen LogP contribution in [0.2, 0.25) is 0 Å². The standard InChI is InChI=1S/C15H20N4O3/c1-2-13(20)19-6-3-4-12(19)15(22)18-7-5-11-10(8-18)14(21)17-9-16-11/h9,12H,2-8H2,1H3,(H,16,17,21). The number of fused-ring (bicyclic) bond motifs is 1. The highest BCUT2D eigenvalue weighted by Crippen LogP contribution is 2.22. The molecule has 3 heterocycles. The number of H-pyrrole nitrogens is 1. The minimum absolute atomic E-state index is 0.0211. The number of likely N-dealkylation sites (tertiary alicyclic amines) is 1. The number of aromatic amines is 1. The van der Waals surface area contributed by atoms with Crippen LogP contribution < -0.4 is 5.56 Å². The van der Waals surface area contributed by atoms with Gasteiger partial charge in [0.1, 0.15) is 6.04 Å². The Balaban J connectivity index is 1.78. The largest absolute Gasteiger partial charge is 0.336 e. The number of amides is 2. The maximum absolute atomic E-state index is 12.8. The smallest absolute Gasteiger partial charge is 0.255 e. The molecule has 1 unspecified atom stereocenters. The molecule has 0 radical (unpaired) electrons. The van der Waals surface area contributed by atoms with Crippen LogP contribution in [0.15, 0.2) is 11.1 Å². The van der Waals surface area contributed by atoms with Crippen molar-refractivity contribution in [1.29, 1.82) is 0 Å². The number of hydrogen-bond acceptors (Lipinski definition) is 4. The van der Waals surface area contributed by atoms with E-state index in [1.54, 1.807) is 9.80 Å². The summed E-state index contributed by atoms with van der Waals surface area (Å²) in [5.41, 5.74) is 1.14. The molecule has 22 heavy (non-hydrogen) atoms. The van der Waals surface area contributed by atoms with Crippen LogP contribution in [0.4, 0.5) is 0 Å². The molecule has 0 saturated carbocycles. The molecule has 0 aromatic carbocycles. The van der Waals surface area contributed by atoms with E-state index < -0.39 is 0 Å². The molecule has 2 aliphatic heterocycles. The molecule has 118 valence electrons. The summed E-state index contributed by atoms with van der Waals surface area (Å²) in [6.45, 7) is 3.29. The van der Waals surface area contributed by atoms with E-state index in [0.29, 0.717) is 37.9 Å². The molecule has 7 heteroatoms. The average Bonchev–Trinajstić information content (AvgIpc) is 3.03. The zero-order valence-electron chi connectivity index (χ0n) is 12.7. The van der Waals surface area contributed by atoms with Crippen molar-refractivity contribution in [3.63, 3.8) is 0 Å². The molecule has 1 saturated heterocycles. The Labute approximate surface area is 128 Å². The summed E-state index contributed by atoms with van der Waals surface area (Å²) in [5, 5.41) is 0. The molecule has 0 aliphatic carbocycles. The number of nitrogens with zero attached hydrogens (tertiary/aromatic N) is 3. The Kier molecular flexibility index (Phi) is 3.96. The Bertz CT molecular complexity index is 654. The maximum atomic E-state index is 12.8. The predicted molar refractivity (Wildman–Crippen MR) is 79.0 cm³/mol. The molecule has 2 aliphatic rings. The van der Waals surface area contributed by atoms with Crippen LogP contribution in [0.3, 0.4) is 0 Å². The van der Waals surface area contributed by atoms with Gasteiger partial charge in [0.25, 0.3) is 5.56 Å². The van der Waals surface area contributed by atoms with E-state index >= 15 is 0 Å².